The molecule has 0 saturated heterocycles. The van der Waals surface area contributed by atoms with E-state index in [1.807, 2.05) is 0 Å². The largest absolute Gasteiger partial charge is 0.301 e. The van der Waals surface area contributed by atoms with Gasteiger partial charge >= 0.3 is 0 Å². The first-order valence-corrected chi connectivity index (χ1v) is 6.73. The van der Waals surface area contributed by atoms with Crippen molar-refractivity contribution in [3.05, 3.63) is 71.2 Å². The summed E-state index contributed by atoms with van der Waals surface area (Å²) in [4.78, 5) is 4.59. The van der Waals surface area contributed by atoms with E-state index in [9.17, 15) is 0 Å². The maximum absolute atomic E-state index is 4.59. The molecule has 0 fully saturated rings. The predicted octanol–water partition coefficient (Wildman–Crippen LogP) is 3.74. The number of hydrogen-bond donors (Lipinski definition) is 0. The van der Waals surface area contributed by atoms with Crippen LogP contribution in [-0.4, -0.2) is 9.38 Å². The fourth-order valence-electron chi connectivity index (χ4n) is 2.54. The van der Waals surface area contributed by atoms with Crippen LogP contribution in [0, 0.1) is 13.8 Å². The summed E-state index contributed by atoms with van der Waals surface area (Å²) in [5, 5.41) is 0. The van der Waals surface area contributed by atoms with E-state index >= 15 is 0 Å². The summed E-state index contributed by atoms with van der Waals surface area (Å²) in [5.74, 6) is 0. The summed E-state index contributed by atoms with van der Waals surface area (Å²) in [5.41, 5.74) is 6.14. The molecule has 2 heterocycles. The van der Waals surface area contributed by atoms with Crippen LogP contribution in [0.4, 0.5) is 0 Å². The fourth-order valence-corrected chi connectivity index (χ4v) is 2.54. The summed E-state index contributed by atoms with van der Waals surface area (Å²) in [6.07, 6.45) is 2.11. The summed E-state index contributed by atoms with van der Waals surface area (Å²) >= 11 is 0. The van der Waals surface area contributed by atoms with E-state index in [1.54, 1.807) is 0 Å². The van der Waals surface area contributed by atoms with Gasteiger partial charge in [0.25, 0.3) is 0 Å². The molecular formula is C17H18N2. The third-order valence-corrected chi connectivity index (χ3v) is 3.70. The number of imidazole rings is 1. The van der Waals surface area contributed by atoms with Gasteiger partial charge in [-0.25, -0.2) is 4.98 Å². The predicted molar refractivity (Wildman–Crippen MR) is 78.5 cm³/mol. The minimum atomic E-state index is 1.04. The van der Waals surface area contributed by atoms with Gasteiger partial charge in [0.2, 0.25) is 0 Å². The lowest BCUT2D eigenvalue weighted by molar-refractivity contribution is 0.872. The molecule has 0 saturated carbocycles. The summed E-state index contributed by atoms with van der Waals surface area (Å²) in [6.45, 7) is 4.21. The molecule has 2 aromatic heterocycles. The SMILES string of the molecule is Cc1nc2cccc(CCc3ccccc3)n2c1C. The molecule has 0 radical (unpaired) electrons. The average Bonchev–Trinajstić information content (AvgIpc) is 2.74. The van der Waals surface area contributed by atoms with Crippen molar-refractivity contribution in [2.45, 2.75) is 26.7 Å². The minimum absolute atomic E-state index is 1.04. The Labute approximate surface area is 113 Å². The van der Waals surface area contributed by atoms with Crippen LogP contribution >= 0.6 is 0 Å². The fraction of sp³-hybridized carbons (Fsp3) is 0.235. The van der Waals surface area contributed by atoms with Gasteiger partial charge in [0, 0.05) is 11.4 Å². The van der Waals surface area contributed by atoms with E-state index in [1.165, 1.54) is 17.0 Å². The number of rotatable bonds is 3. The van der Waals surface area contributed by atoms with Crippen molar-refractivity contribution in [3.8, 4) is 0 Å². The lowest BCUT2D eigenvalue weighted by Gasteiger charge is -2.07. The maximum Gasteiger partial charge on any atom is 0.137 e. The number of aromatic nitrogens is 2. The van der Waals surface area contributed by atoms with Gasteiger partial charge in [0.05, 0.1) is 5.69 Å². The van der Waals surface area contributed by atoms with Gasteiger partial charge < -0.3 is 4.40 Å². The molecule has 1 aromatic carbocycles. The van der Waals surface area contributed by atoms with Gasteiger partial charge in [0.15, 0.2) is 0 Å². The molecule has 96 valence electrons. The highest BCUT2D eigenvalue weighted by atomic mass is 15.0. The minimum Gasteiger partial charge on any atom is -0.301 e. The van der Waals surface area contributed by atoms with Crippen molar-refractivity contribution in [1.29, 1.82) is 0 Å². The molecule has 0 N–H and O–H groups in total. The van der Waals surface area contributed by atoms with Gasteiger partial charge in [-0.15, -0.1) is 0 Å². The standard InChI is InChI=1S/C17H18N2/c1-13-14(2)19-16(9-6-10-17(19)18-13)12-11-15-7-4-3-5-8-15/h3-10H,11-12H2,1-2H3. The lowest BCUT2D eigenvalue weighted by Crippen LogP contribution is -2.00. The Morgan fingerprint density at radius 2 is 1.68 bits per heavy atom. The van der Waals surface area contributed by atoms with Crippen molar-refractivity contribution < 1.29 is 0 Å². The molecule has 0 atom stereocenters. The second-order valence-electron chi connectivity index (χ2n) is 4.98. The Hall–Kier alpha value is -2.09. The molecule has 2 nitrogen and oxygen atoms in total. The van der Waals surface area contributed by atoms with Crippen molar-refractivity contribution in [1.82, 2.24) is 9.38 Å². The Kier molecular flexibility index (Phi) is 3.08. The van der Waals surface area contributed by atoms with E-state index in [-0.39, 0.29) is 0 Å². The third-order valence-electron chi connectivity index (χ3n) is 3.70. The molecule has 0 amide bonds. The summed E-state index contributed by atoms with van der Waals surface area (Å²) in [7, 11) is 0. The van der Waals surface area contributed by atoms with Crippen LogP contribution in [0.5, 0.6) is 0 Å². The van der Waals surface area contributed by atoms with E-state index in [0.29, 0.717) is 0 Å². The van der Waals surface area contributed by atoms with E-state index in [2.05, 4.69) is 71.8 Å². The van der Waals surface area contributed by atoms with E-state index in [4.69, 9.17) is 0 Å². The molecule has 0 aliphatic carbocycles. The van der Waals surface area contributed by atoms with Crippen molar-refractivity contribution >= 4 is 5.65 Å². The molecule has 2 heteroatoms. The van der Waals surface area contributed by atoms with Crippen LogP contribution in [-0.2, 0) is 12.8 Å². The smallest absolute Gasteiger partial charge is 0.137 e. The van der Waals surface area contributed by atoms with Crippen LogP contribution in [0.1, 0.15) is 22.6 Å². The second kappa shape index (κ2) is 4.88. The van der Waals surface area contributed by atoms with Crippen LogP contribution in [0.25, 0.3) is 5.65 Å². The Morgan fingerprint density at radius 1 is 0.895 bits per heavy atom. The first-order chi connectivity index (χ1) is 9.25. The molecule has 0 aliphatic heterocycles. The zero-order valence-corrected chi connectivity index (χ0v) is 11.4. The molecule has 19 heavy (non-hydrogen) atoms. The molecular weight excluding hydrogens is 232 g/mol. The number of pyridine rings is 1. The van der Waals surface area contributed by atoms with Gasteiger partial charge in [-0.2, -0.15) is 0 Å². The number of benzene rings is 1. The van der Waals surface area contributed by atoms with Crippen molar-refractivity contribution in [2.24, 2.45) is 0 Å². The maximum atomic E-state index is 4.59. The second-order valence-corrected chi connectivity index (χ2v) is 4.98. The van der Waals surface area contributed by atoms with Crippen molar-refractivity contribution in [2.75, 3.05) is 0 Å². The topological polar surface area (TPSA) is 17.3 Å². The summed E-state index contributed by atoms with van der Waals surface area (Å²) in [6, 6.07) is 17.0. The highest BCUT2D eigenvalue weighted by Crippen LogP contribution is 2.15. The van der Waals surface area contributed by atoms with Gasteiger partial charge in [-0.1, -0.05) is 36.4 Å². The van der Waals surface area contributed by atoms with Crippen LogP contribution in [0.3, 0.4) is 0 Å². The van der Waals surface area contributed by atoms with Gasteiger partial charge in [-0.05, 0) is 44.4 Å². The molecule has 3 aromatic rings. The highest BCUT2D eigenvalue weighted by molar-refractivity contribution is 5.44. The zero-order valence-electron chi connectivity index (χ0n) is 11.4. The Bertz CT molecular complexity index is 696. The molecule has 0 bridgehead atoms. The van der Waals surface area contributed by atoms with E-state index < -0.39 is 0 Å². The van der Waals surface area contributed by atoms with Gasteiger partial charge in [0.1, 0.15) is 5.65 Å². The quantitative estimate of drug-likeness (QED) is 0.692. The highest BCUT2D eigenvalue weighted by Gasteiger charge is 2.07. The van der Waals surface area contributed by atoms with E-state index in [0.717, 1.165) is 24.2 Å². The number of aryl methyl sites for hydroxylation is 4. The average molecular weight is 250 g/mol. The van der Waals surface area contributed by atoms with Crippen molar-refractivity contribution in [3.63, 3.8) is 0 Å². The third kappa shape index (κ3) is 2.26. The lowest BCUT2D eigenvalue weighted by atomic mass is 10.1. The van der Waals surface area contributed by atoms with Crippen LogP contribution in [0.2, 0.25) is 0 Å². The Morgan fingerprint density at radius 3 is 2.47 bits per heavy atom. The summed E-state index contributed by atoms with van der Waals surface area (Å²) < 4.78 is 2.28. The molecule has 0 spiro atoms. The Balaban J connectivity index is 1.93. The molecule has 0 unspecified atom stereocenters. The normalized spacial score (nSPS) is 11.1. The van der Waals surface area contributed by atoms with Crippen LogP contribution < -0.4 is 0 Å². The first-order valence-electron chi connectivity index (χ1n) is 6.73. The van der Waals surface area contributed by atoms with Gasteiger partial charge in [-0.3, -0.25) is 0 Å². The number of hydrogen-bond acceptors (Lipinski definition) is 1. The number of nitrogens with zero attached hydrogens (tertiary/aromatic N) is 2. The monoisotopic (exact) mass is 250 g/mol. The zero-order chi connectivity index (χ0) is 13.2. The number of fused-ring (bicyclic) bond motifs is 1. The molecule has 0 aliphatic rings. The first kappa shape index (κ1) is 12.0. The molecule has 3 rings (SSSR count). The van der Waals surface area contributed by atoms with Crippen LogP contribution in [0.15, 0.2) is 48.5 Å².